The number of carbonyl (C=O) groups excluding carboxylic acids is 1. The van der Waals surface area contributed by atoms with Gasteiger partial charge in [-0.3, -0.25) is 9.69 Å². The summed E-state index contributed by atoms with van der Waals surface area (Å²) >= 11 is 0. The van der Waals surface area contributed by atoms with Crippen molar-refractivity contribution in [3.05, 3.63) is 82.6 Å². The molecule has 0 unspecified atom stereocenters. The molecule has 0 fully saturated rings. The quantitative estimate of drug-likeness (QED) is 0.473. The predicted octanol–water partition coefficient (Wildman–Crippen LogP) is 5.50. The Morgan fingerprint density at radius 1 is 1.04 bits per heavy atom. The van der Waals surface area contributed by atoms with E-state index in [0.29, 0.717) is 17.3 Å². The highest BCUT2D eigenvalue weighted by atomic mass is 16.4. The Kier molecular flexibility index (Phi) is 4.51. The minimum absolute atomic E-state index is 0.237. The number of aryl methyl sites for hydroxylation is 4. The lowest BCUT2D eigenvalue weighted by atomic mass is 10.0. The normalized spacial score (nSPS) is 11.1. The second-order valence-electron chi connectivity index (χ2n) is 7.10. The van der Waals surface area contributed by atoms with Crippen molar-refractivity contribution < 1.29 is 13.6 Å². The standard InChI is InChI=1S/C23H22N2O3/c1-14-11-15(2)21-17(4)22(28-19(21)12-14)23(26)25(20-7-5-6-10-24-20)13-18-9-8-16(3)27-18/h5-12H,13H2,1-4H3. The molecule has 3 aromatic heterocycles. The van der Waals surface area contributed by atoms with Crippen molar-refractivity contribution in [3.8, 4) is 0 Å². The van der Waals surface area contributed by atoms with Gasteiger partial charge in [-0.2, -0.15) is 0 Å². The highest BCUT2D eigenvalue weighted by Crippen LogP contribution is 2.31. The summed E-state index contributed by atoms with van der Waals surface area (Å²) in [6.07, 6.45) is 1.67. The van der Waals surface area contributed by atoms with E-state index in [1.807, 2.05) is 58.0 Å². The molecule has 3 heterocycles. The summed E-state index contributed by atoms with van der Waals surface area (Å²) in [6.45, 7) is 8.14. The van der Waals surface area contributed by atoms with E-state index in [9.17, 15) is 4.79 Å². The van der Waals surface area contributed by atoms with Gasteiger partial charge in [0.1, 0.15) is 22.9 Å². The molecule has 0 spiro atoms. The smallest absolute Gasteiger partial charge is 0.295 e. The molecular formula is C23H22N2O3. The average molecular weight is 374 g/mol. The monoisotopic (exact) mass is 374 g/mol. The van der Waals surface area contributed by atoms with Crippen molar-refractivity contribution in [3.63, 3.8) is 0 Å². The van der Waals surface area contributed by atoms with Crippen LogP contribution >= 0.6 is 0 Å². The van der Waals surface area contributed by atoms with Crippen LogP contribution in [0.2, 0.25) is 0 Å². The molecule has 0 saturated carbocycles. The van der Waals surface area contributed by atoms with Gasteiger partial charge in [-0.05, 0) is 69.2 Å². The number of amides is 1. The maximum atomic E-state index is 13.5. The summed E-state index contributed by atoms with van der Waals surface area (Å²) in [7, 11) is 0. The van der Waals surface area contributed by atoms with E-state index in [4.69, 9.17) is 8.83 Å². The van der Waals surface area contributed by atoms with Gasteiger partial charge in [0, 0.05) is 17.1 Å². The van der Waals surface area contributed by atoms with E-state index < -0.39 is 0 Å². The van der Waals surface area contributed by atoms with Crippen LogP contribution in [-0.2, 0) is 6.54 Å². The Hall–Kier alpha value is -3.34. The van der Waals surface area contributed by atoms with E-state index in [1.54, 1.807) is 17.2 Å². The van der Waals surface area contributed by atoms with Crippen molar-refractivity contribution in [1.82, 2.24) is 4.98 Å². The fraction of sp³-hybridized carbons (Fsp3) is 0.217. The number of pyridine rings is 1. The molecule has 0 saturated heterocycles. The van der Waals surface area contributed by atoms with Crippen LogP contribution in [0.4, 0.5) is 5.82 Å². The first kappa shape index (κ1) is 18.0. The molecule has 0 radical (unpaired) electrons. The number of aromatic nitrogens is 1. The van der Waals surface area contributed by atoms with Gasteiger partial charge in [-0.15, -0.1) is 0 Å². The molecule has 1 amide bonds. The lowest BCUT2D eigenvalue weighted by Gasteiger charge is -2.19. The molecular weight excluding hydrogens is 352 g/mol. The molecule has 0 aliphatic carbocycles. The summed E-state index contributed by atoms with van der Waals surface area (Å²) in [4.78, 5) is 19.4. The Balaban J connectivity index is 1.80. The van der Waals surface area contributed by atoms with Gasteiger partial charge in [-0.1, -0.05) is 12.1 Å². The number of rotatable bonds is 4. The zero-order valence-electron chi connectivity index (χ0n) is 16.4. The summed E-state index contributed by atoms with van der Waals surface area (Å²) in [5.41, 5.74) is 3.77. The molecule has 0 aliphatic rings. The summed E-state index contributed by atoms with van der Waals surface area (Å²) in [5.74, 6) is 2.14. The Morgan fingerprint density at radius 2 is 1.86 bits per heavy atom. The topological polar surface area (TPSA) is 59.5 Å². The summed E-state index contributed by atoms with van der Waals surface area (Å²) < 4.78 is 11.7. The molecule has 0 aliphatic heterocycles. The Morgan fingerprint density at radius 3 is 2.54 bits per heavy atom. The fourth-order valence-electron chi connectivity index (χ4n) is 3.61. The Bertz CT molecular complexity index is 1160. The van der Waals surface area contributed by atoms with Crippen molar-refractivity contribution in [1.29, 1.82) is 0 Å². The van der Waals surface area contributed by atoms with Gasteiger partial charge in [-0.25, -0.2) is 4.98 Å². The number of anilines is 1. The lowest BCUT2D eigenvalue weighted by molar-refractivity contribution is 0.0957. The van der Waals surface area contributed by atoms with Gasteiger partial charge in [0.05, 0.1) is 6.54 Å². The fourth-order valence-corrected chi connectivity index (χ4v) is 3.61. The molecule has 142 valence electrons. The van der Waals surface area contributed by atoms with Gasteiger partial charge < -0.3 is 8.83 Å². The van der Waals surface area contributed by atoms with Crippen LogP contribution in [0.1, 0.15) is 38.8 Å². The van der Waals surface area contributed by atoms with Crippen LogP contribution in [0.15, 0.2) is 57.5 Å². The van der Waals surface area contributed by atoms with Gasteiger partial charge >= 0.3 is 0 Å². The molecule has 0 N–H and O–H groups in total. The van der Waals surface area contributed by atoms with Gasteiger partial charge in [0.2, 0.25) is 0 Å². The molecule has 5 nitrogen and oxygen atoms in total. The van der Waals surface area contributed by atoms with Crippen LogP contribution < -0.4 is 4.90 Å². The molecule has 0 bridgehead atoms. The van der Waals surface area contributed by atoms with E-state index in [1.165, 1.54) is 0 Å². The van der Waals surface area contributed by atoms with E-state index >= 15 is 0 Å². The largest absolute Gasteiger partial charge is 0.464 e. The van der Waals surface area contributed by atoms with Crippen molar-refractivity contribution >= 4 is 22.7 Å². The predicted molar refractivity (Wildman–Crippen MR) is 109 cm³/mol. The van der Waals surface area contributed by atoms with Crippen LogP contribution in [0.25, 0.3) is 11.0 Å². The van der Waals surface area contributed by atoms with Crippen LogP contribution in [0.3, 0.4) is 0 Å². The van der Waals surface area contributed by atoms with Gasteiger partial charge in [0.15, 0.2) is 5.76 Å². The zero-order chi connectivity index (χ0) is 19.8. The van der Waals surface area contributed by atoms with Crippen LogP contribution in [0.5, 0.6) is 0 Å². The second-order valence-corrected chi connectivity index (χ2v) is 7.10. The first-order valence-electron chi connectivity index (χ1n) is 9.22. The number of hydrogen-bond donors (Lipinski definition) is 0. The van der Waals surface area contributed by atoms with E-state index in [2.05, 4.69) is 11.1 Å². The third kappa shape index (κ3) is 3.20. The Labute approximate surface area is 163 Å². The highest BCUT2D eigenvalue weighted by Gasteiger charge is 2.27. The third-order valence-electron chi connectivity index (χ3n) is 4.85. The summed E-state index contributed by atoms with van der Waals surface area (Å²) in [5, 5.41) is 0.990. The van der Waals surface area contributed by atoms with E-state index in [-0.39, 0.29) is 12.5 Å². The van der Waals surface area contributed by atoms with Crippen molar-refractivity contribution in [2.45, 2.75) is 34.2 Å². The molecule has 1 aromatic carbocycles. The van der Waals surface area contributed by atoms with Crippen molar-refractivity contribution in [2.75, 3.05) is 4.90 Å². The van der Waals surface area contributed by atoms with Crippen LogP contribution in [-0.4, -0.2) is 10.9 Å². The zero-order valence-corrected chi connectivity index (χ0v) is 16.4. The number of furan rings is 2. The first-order valence-corrected chi connectivity index (χ1v) is 9.22. The maximum absolute atomic E-state index is 13.5. The van der Waals surface area contributed by atoms with E-state index in [0.717, 1.165) is 33.4 Å². The lowest BCUT2D eigenvalue weighted by Crippen LogP contribution is -2.31. The minimum atomic E-state index is -0.237. The first-order chi connectivity index (χ1) is 13.4. The minimum Gasteiger partial charge on any atom is -0.464 e. The SMILES string of the molecule is Cc1cc(C)c2c(C)c(C(=O)N(Cc3ccc(C)o3)c3ccccn3)oc2c1. The highest BCUT2D eigenvalue weighted by molar-refractivity contribution is 6.07. The van der Waals surface area contributed by atoms with Crippen molar-refractivity contribution in [2.24, 2.45) is 0 Å². The third-order valence-corrected chi connectivity index (χ3v) is 4.85. The second kappa shape index (κ2) is 7.00. The molecule has 4 aromatic rings. The molecule has 4 rings (SSSR count). The summed E-state index contributed by atoms with van der Waals surface area (Å²) in [6, 6.07) is 13.3. The number of carbonyl (C=O) groups is 1. The van der Waals surface area contributed by atoms with Gasteiger partial charge in [0.25, 0.3) is 5.91 Å². The average Bonchev–Trinajstić information content (AvgIpc) is 3.23. The number of nitrogens with zero attached hydrogens (tertiary/aromatic N) is 2. The maximum Gasteiger partial charge on any atom is 0.295 e. The van der Waals surface area contributed by atoms with Crippen LogP contribution in [0, 0.1) is 27.7 Å². The number of fused-ring (bicyclic) bond motifs is 1. The molecule has 0 atom stereocenters. The molecule has 5 heteroatoms. The molecule has 28 heavy (non-hydrogen) atoms. The number of hydrogen-bond acceptors (Lipinski definition) is 4. The number of benzene rings is 1.